The molecule has 0 bridgehead atoms. The quantitative estimate of drug-likeness (QED) is 0.546. The monoisotopic (exact) mass is 223 g/mol. The van der Waals surface area contributed by atoms with Crippen molar-refractivity contribution in [3.63, 3.8) is 0 Å². The first-order chi connectivity index (χ1) is 7.72. The van der Waals surface area contributed by atoms with Gasteiger partial charge >= 0.3 is 0 Å². The lowest BCUT2D eigenvalue weighted by atomic mass is 10.0. The fourth-order valence-electron chi connectivity index (χ4n) is 2.16. The molecule has 4 heteroatoms. The third kappa shape index (κ3) is 2.25. The highest BCUT2D eigenvalue weighted by Gasteiger charge is 2.40. The van der Waals surface area contributed by atoms with Gasteiger partial charge in [-0.1, -0.05) is 30.3 Å². The number of aliphatic hydroxyl groups excluding tert-OH is 3. The molecule has 16 heavy (non-hydrogen) atoms. The van der Waals surface area contributed by atoms with Gasteiger partial charge in [-0.15, -0.1) is 0 Å². The summed E-state index contributed by atoms with van der Waals surface area (Å²) in [6, 6.07) is 9.15. The molecule has 0 aliphatic carbocycles. The number of hydrogen-bond acceptors (Lipinski definition) is 4. The number of hydrogen-bond donors (Lipinski definition) is 4. The minimum Gasteiger partial charge on any atom is -0.395 e. The second-order valence-electron chi connectivity index (χ2n) is 4.23. The zero-order valence-corrected chi connectivity index (χ0v) is 8.95. The van der Waals surface area contributed by atoms with E-state index in [0.29, 0.717) is 6.42 Å². The first-order valence-electron chi connectivity index (χ1n) is 5.49. The molecule has 88 valence electrons. The summed E-state index contributed by atoms with van der Waals surface area (Å²) in [4.78, 5) is 0. The highest BCUT2D eigenvalue weighted by Crippen LogP contribution is 2.17. The highest BCUT2D eigenvalue weighted by molar-refractivity contribution is 5.17. The van der Waals surface area contributed by atoms with E-state index >= 15 is 0 Å². The Morgan fingerprint density at radius 2 is 1.62 bits per heavy atom. The minimum absolute atomic E-state index is 0.163. The fourth-order valence-corrected chi connectivity index (χ4v) is 2.16. The maximum Gasteiger partial charge on any atom is 0.0989 e. The van der Waals surface area contributed by atoms with Gasteiger partial charge in [-0.25, -0.2) is 0 Å². The Labute approximate surface area is 94.5 Å². The number of rotatable bonds is 3. The molecule has 1 aliphatic rings. The van der Waals surface area contributed by atoms with Crippen LogP contribution in [0.15, 0.2) is 30.3 Å². The van der Waals surface area contributed by atoms with E-state index in [1.807, 2.05) is 30.3 Å². The molecule has 0 unspecified atom stereocenters. The lowest BCUT2D eigenvalue weighted by Gasteiger charge is -2.15. The zero-order chi connectivity index (χ0) is 11.5. The molecule has 1 aromatic carbocycles. The Balaban J connectivity index is 2.01. The molecule has 0 spiro atoms. The summed E-state index contributed by atoms with van der Waals surface area (Å²) in [6.07, 6.45) is -1.06. The van der Waals surface area contributed by atoms with Crippen LogP contribution in [0.4, 0.5) is 0 Å². The SMILES string of the molecule is OC[C@@H]1N[C@H](Cc2ccccc2)[C@@H](O)[C@@H]1O. The maximum atomic E-state index is 9.80. The van der Waals surface area contributed by atoms with Crippen molar-refractivity contribution in [1.29, 1.82) is 0 Å². The van der Waals surface area contributed by atoms with Crippen LogP contribution in [0.3, 0.4) is 0 Å². The summed E-state index contributed by atoms with van der Waals surface area (Å²) in [5.74, 6) is 0. The van der Waals surface area contributed by atoms with Crippen molar-refractivity contribution in [2.75, 3.05) is 6.61 Å². The third-order valence-corrected chi connectivity index (χ3v) is 3.10. The topological polar surface area (TPSA) is 72.7 Å². The lowest BCUT2D eigenvalue weighted by molar-refractivity contribution is 0.0197. The predicted molar refractivity (Wildman–Crippen MR) is 60.0 cm³/mol. The normalized spacial score (nSPS) is 34.2. The number of benzene rings is 1. The zero-order valence-electron chi connectivity index (χ0n) is 8.95. The van der Waals surface area contributed by atoms with Crippen LogP contribution in [-0.2, 0) is 6.42 Å². The van der Waals surface area contributed by atoms with Crippen LogP contribution in [0.2, 0.25) is 0 Å². The molecule has 4 N–H and O–H groups in total. The third-order valence-electron chi connectivity index (χ3n) is 3.10. The molecule has 1 saturated heterocycles. The molecule has 0 amide bonds. The number of aliphatic hydroxyl groups is 3. The maximum absolute atomic E-state index is 9.80. The molecule has 0 radical (unpaired) electrons. The van der Waals surface area contributed by atoms with Gasteiger partial charge in [-0.3, -0.25) is 0 Å². The first-order valence-corrected chi connectivity index (χ1v) is 5.49. The molecule has 0 aromatic heterocycles. The van der Waals surface area contributed by atoms with E-state index in [1.165, 1.54) is 0 Å². The largest absolute Gasteiger partial charge is 0.395 e. The Bertz CT molecular complexity index is 330. The molecule has 2 rings (SSSR count). The Kier molecular flexibility index (Phi) is 3.56. The Morgan fingerprint density at radius 1 is 1.00 bits per heavy atom. The van der Waals surface area contributed by atoms with Crippen LogP contribution in [0.25, 0.3) is 0 Å². The van der Waals surface area contributed by atoms with E-state index in [-0.39, 0.29) is 12.6 Å². The van der Waals surface area contributed by atoms with E-state index in [1.54, 1.807) is 0 Å². The minimum atomic E-state index is -0.890. The van der Waals surface area contributed by atoms with Gasteiger partial charge in [-0.2, -0.15) is 0 Å². The standard InChI is InChI=1S/C12H17NO3/c14-7-10-12(16)11(15)9(13-10)6-8-4-2-1-3-5-8/h1-5,9-16H,6-7H2/t9-,10+,11-,12-/m1/s1. The van der Waals surface area contributed by atoms with E-state index in [9.17, 15) is 10.2 Å². The molecule has 4 nitrogen and oxygen atoms in total. The van der Waals surface area contributed by atoms with E-state index < -0.39 is 18.2 Å². The van der Waals surface area contributed by atoms with Crippen molar-refractivity contribution in [2.24, 2.45) is 0 Å². The Hall–Kier alpha value is -0.940. The van der Waals surface area contributed by atoms with E-state index in [2.05, 4.69) is 5.32 Å². The summed E-state index contributed by atoms with van der Waals surface area (Å²) in [6.45, 7) is -0.163. The van der Waals surface area contributed by atoms with Gasteiger partial charge in [0.05, 0.1) is 24.9 Å². The Morgan fingerprint density at radius 3 is 2.19 bits per heavy atom. The second-order valence-corrected chi connectivity index (χ2v) is 4.23. The van der Waals surface area contributed by atoms with Crippen LogP contribution in [0, 0.1) is 0 Å². The van der Waals surface area contributed by atoms with Crippen molar-refractivity contribution >= 4 is 0 Å². The van der Waals surface area contributed by atoms with Crippen LogP contribution in [0.5, 0.6) is 0 Å². The van der Waals surface area contributed by atoms with E-state index in [0.717, 1.165) is 5.56 Å². The molecule has 1 fully saturated rings. The smallest absolute Gasteiger partial charge is 0.0989 e. The summed E-state index contributed by atoms with van der Waals surface area (Å²) < 4.78 is 0. The average molecular weight is 223 g/mol. The number of nitrogens with one attached hydrogen (secondary N) is 1. The van der Waals surface area contributed by atoms with Crippen LogP contribution < -0.4 is 5.32 Å². The fraction of sp³-hybridized carbons (Fsp3) is 0.500. The highest BCUT2D eigenvalue weighted by atomic mass is 16.3. The first kappa shape index (κ1) is 11.5. The summed E-state index contributed by atoms with van der Waals surface area (Å²) in [5.41, 5.74) is 1.10. The second kappa shape index (κ2) is 4.93. The molecular formula is C12H17NO3. The predicted octanol–water partition coefficient (Wildman–Crippen LogP) is -0.716. The van der Waals surface area contributed by atoms with Gasteiger partial charge in [0, 0.05) is 6.04 Å². The van der Waals surface area contributed by atoms with Crippen molar-refractivity contribution in [3.8, 4) is 0 Å². The van der Waals surface area contributed by atoms with E-state index in [4.69, 9.17) is 5.11 Å². The lowest BCUT2D eigenvalue weighted by Crippen LogP contribution is -2.36. The summed E-state index contributed by atoms with van der Waals surface area (Å²) in [7, 11) is 0. The van der Waals surface area contributed by atoms with Crippen molar-refractivity contribution in [3.05, 3.63) is 35.9 Å². The average Bonchev–Trinajstić information content (AvgIpc) is 2.58. The molecule has 1 aliphatic heterocycles. The van der Waals surface area contributed by atoms with Gasteiger partial charge < -0.3 is 20.6 Å². The van der Waals surface area contributed by atoms with Crippen molar-refractivity contribution < 1.29 is 15.3 Å². The van der Waals surface area contributed by atoms with Gasteiger partial charge in [-0.05, 0) is 12.0 Å². The molecule has 0 saturated carbocycles. The molecular weight excluding hydrogens is 206 g/mol. The van der Waals surface area contributed by atoms with Gasteiger partial charge in [0.25, 0.3) is 0 Å². The molecule has 1 heterocycles. The summed E-state index contributed by atoms with van der Waals surface area (Å²) in [5, 5.41) is 31.5. The summed E-state index contributed by atoms with van der Waals surface area (Å²) >= 11 is 0. The van der Waals surface area contributed by atoms with Crippen molar-refractivity contribution in [1.82, 2.24) is 5.32 Å². The van der Waals surface area contributed by atoms with Gasteiger partial charge in [0.15, 0.2) is 0 Å². The van der Waals surface area contributed by atoms with Gasteiger partial charge in [0.1, 0.15) is 0 Å². The van der Waals surface area contributed by atoms with Gasteiger partial charge in [0.2, 0.25) is 0 Å². The molecule has 1 aromatic rings. The van der Waals surface area contributed by atoms with Crippen molar-refractivity contribution in [2.45, 2.75) is 30.7 Å². The van der Waals surface area contributed by atoms with Crippen LogP contribution >= 0.6 is 0 Å². The van der Waals surface area contributed by atoms with Crippen LogP contribution in [0.1, 0.15) is 5.56 Å². The van der Waals surface area contributed by atoms with Crippen LogP contribution in [-0.4, -0.2) is 46.2 Å². The molecule has 4 atom stereocenters.